The summed E-state index contributed by atoms with van der Waals surface area (Å²) in [5.41, 5.74) is -0.0582. The van der Waals surface area contributed by atoms with Gasteiger partial charge < -0.3 is 15.3 Å². The van der Waals surface area contributed by atoms with Crippen LogP contribution in [0, 0.1) is 5.92 Å². The Balaban J connectivity index is 2.16. The Hall–Kier alpha value is -0.120. The summed E-state index contributed by atoms with van der Waals surface area (Å²) >= 11 is 0. The van der Waals surface area contributed by atoms with Gasteiger partial charge in [0.25, 0.3) is 0 Å². The van der Waals surface area contributed by atoms with Crippen LogP contribution in [-0.2, 0) is 0 Å². The smallest absolute Gasteiger partial charge is 0.0613 e. The summed E-state index contributed by atoms with van der Waals surface area (Å²) in [6.45, 7) is 4.80. The average molecular weight is 242 g/mol. The van der Waals surface area contributed by atoms with Gasteiger partial charge in [-0.2, -0.15) is 0 Å². The van der Waals surface area contributed by atoms with E-state index in [2.05, 4.69) is 24.2 Å². The molecule has 0 aromatic carbocycles. The van der Waals surface area contributed by atoms with Crippen molar-refractivity contribution in [3.05, 3.63) is 0 Å². The van der Waals surface area contributed by atoms with Gasteiger partial charge in [-0.15, -0.1) is 0 Å². The molecular weight excluding hydrogens is 212 g/mol. The minimum Gasteiger partial charge on any atom is -0.394 e. The first-order valence-corrected chi connectivity index (χ1v) is 7.14. The Morgan fingerprint density at radius 2 is 2.12 bits per heavy atom. The summed E-state index contributed by atoms with van der Waals surface area (Å²) in [7, 11) is 4.18. The lowest BCUT2D eigenvalue weighted by Gasteiger charge is -2.33. The molecule has 17 heavy (non-hydrogen) atoms. The first-order chi connectivity index (χ1) is 8.15. The van der Waals surface area contributed by atoms with Crippen LogP contribution in [0.25, 0.3) is 0 Å². The van der Waals surface area contributed by atoms with Gasteiger partial charge in [-0.1, -0.05) is 13.3 Å². The molecule has 3 heteroatoms. The second kappa shape index (κ2) is 7.34. The van der Waals surface area contributed by atoms with Gasteiger partial charge in [-0.25, -0.2) is 0 Å². The molecule has 1 atom stereocenters. The molecule has 1 rings (SSSR count). The van der Waals surface area contributed by atoms with E-state index in [1.54, 1.807) is 0 Å². The van der Waals surface area contributed by atoms with Crippen molar-refractivity contribution >= 4 is 0 Å². The maximum atomic E-state index is 9.46. The summed E-state index contributed by atoms with van der Waals surface area (Å²) < 4.78 is 0. The molecule has 3 nitrogen and oxygen atoms in total. The van der Waals surface area contributed by atoms with Crippen molar-refractivity contribution in [2.24, 2.45) is 5.92 Å². The van der Waals surface area contributed by atoms with Crippen molar-refractivity contribution in [3.8, 4) is 0 Å². The molecule has 0 aliphatic heterocycles. The summed E-state index contributed by atoms with van der Waals surface area (Å²) in [5.74, 6) is 0.957. The van der Waals surface area contributed by atoms with Gasteiger partial charge >= 0.3 is 0 Å². The number of hydrogen-bond donors (Lipinski definition) is 2. The van der Waals surface area contributed by atoms with Crippen molar-refractivity contribution < 1.29 is 5.11 Å². The normalized spacial score (nSPS) is 20.3. The zero-order valence-corrected chi connectivity index (χ0v) is 11.8. The van der Waals surface area contributed by atoms with Gasteiger partial charge in [-0.05, 0) is 58.7 Å². The Bertz CT molecular complexity index is 192. The molecule has 0 amide bonds. The Morgan fingerprint density at radius 1 is 1.41 bits per heavy atom. The minimum atomic E-state index is -0.0582. The molecule has 0 saturated heterocycles. The molecule has 0 heterocycles. The van der Waals surface area contributed by atoms with Crippen LogP contribution in [0.3, 0.4) is 0 Å². The fourth-order valence-electron chi connectivity index (χ4n) is 2.64. The highest BCUT2D eigenvalue weighted by Crippen LogP contribution is 2.26. The molecule has 1 aliphatic carbocycles. The van der Waals surface area contributed by atoms with Crippen molar-refractivity contribution in [2.45, 2.75) is 51.0 Å². The molecule has 0 aromatic heterocycles. The van der Waals surface area contributed by atoms with E-state index in [0.717, 1.165) is 25.3 Å². The standard InChI is InChI=1S/C14H30N2O/c1-4-14(12-17,15-2)9-6-10-16(3)11-13-7-5-8-13/h13,15,17H,4-12H2,1-3H3. The molecule has 1 unspecified atom stereocenters. The van der Waals surface area contributed by atoms with Crippen molar-refractivity contribution in [3.63, 3.8) is 0 Å². The van der Waals surface area contributed by atoms with Gasteiger partial charge in [0.2, 0.25) is 0 Å². The van der Waals surface area contributed by atoms with Crippen LogP contribution >= 0.6 is 0 Å². The van der Waals surface area contributed by atoms with Crippen molar-refractivity contribution in [2.75, 3.05) is 33.8 Å². The largest absolute Gasteiger partial charge is 0.394 e. The predicted molar refractivity (Wildman–Crippen MR) is 73.2 cm³/mol. The second-order valence-electron chi connectivity index (χ2n) is 5.70. The van der Waals surface area contributed by atoms with Crippen LogP contribution in [0.2, 0.25) is 0 Å². The van der Waals surface area contributed by atoms with Gasteiger partial charge in [0, 0.05) is 12.1 Å². The Morgan fingerprint density at radius 3 is 2.53 bits per heavy atom. The van der Waals surface area contributed by atoms with Crippen LogP contribution < -0.4 is 5.32 Å². The number of aliphatic hydroxyl groups is 1. The number of likely N-dealkylation sites (N-methyl/N-ethyl adjacent to an activating group) is 1. The molecule has 1 fully saturated rings. The zero-order chi connectivity index (χ0) is 12.7. The van der Waals surface area contributed by atoms with Crippen LogP contribution in [0.5, 0.6) is 0 Å². The third-order valence-electron chi connectivity index (χ3n) is 4.50. The number of hydrogen-bond acceptors (Lipinski definition) is 3. The predicted octanol–water partition coefficient (Wildman–Crippen LogP) is 1.86. The first-order valence-electron chi connectivity index (χ1n) is 7.14. The molecule has 1 saturated carbocycles. The van der Waals surface area contributed by atoms with Gasteiger partial charge in [-0.3, -0.25) is 0 Å². The van der Waals surface area contributed by atoms with Crippen molar-refractivity contribution in [1.29, 1.82) is 0 Å². The molecule has 0 radical (unpaired) electrons. The number of aliphatic hydroxyl groups excluding tert-OH is 1. The third-order valence-corrected chi connectivity index (χ3v) is 4.50. The summed E-state index contributed by atoms with van der Waals surface area (Å²) in [5, 5.41) is 12.7. The molecule has 102 valence electrons. The molecule has 0 spiro atoms. The molecule has 0 bridgehead atoms. The summed E-state index contributed by atoms with van der Waals surface area (Å²) in [6.07, 6.45) is 7.50. The summed E-state index contributed by atoms with van der Waals surface area (Å²) in [4.78, 5) is 2.46. The average Bonchev–Trinajstić information content (AvgIpc) is 2.30. The molecular formula is C14H30N2O. The third kappa shape index (κ3) is 4.57. The number of nitrogens with one attached hydrogen (secondary N) is 1. The van der Waals surface area contributed by atoms with Crippen LogP contribution in [0.4, 0.5) is 0 Å². The lowest BCUT2D eigenvalue weighted by molar-refractivity contribution is 0.143. The highest BCUT2D eigenvalue weighted by Gasteiger charge is 2.25. The molecule has 2 N–H and O–H groups in total. The maximum absolute atomic E-state index is 9.46. The van der Waals surface area contributed by atoms with E-state index in [0.29, 0.717) is 0 Å². The first kappa shape index (κ1) is 14.9. The lowest BCUT2D eigenvalue weighted by atomic mass is 9.85. The van der Waals surface area contributed by atoms with Gasteiger partial charge in [0.15, 0.2) is 0 Å². The van der Waals surface area contributed by atoms with E-state index in [9.17, 15) is 5.11 Å². The van der Waals surface area contributed by atoms with E-state index >= 15 is 0 Å². The van der Waals surface area contributed by atoms with Crippen LogP contribution in [0.15, 0.2) is 0 Å². The van der Waals surface area contributed by atoms with Gasteiger partial charge in [0.1, 0.15) is 0 Å². The fraction of sp³-hybridized carbons (Fsp3) is 1.00. The molecule has 0 aromatic rings. The van der Waals surface area contributed by atoms with E-state index in [1.807, 2.05) is 7.05 Å². The zero-order valence-electron chi connectivity index (χ0n) is 11.8. The summed E-state index contributed by atoms with van der Waals surface area (Å²) in [6, 6.07) is 0. The quantitative estimate of drug-likeness (QED) is 0.648. The van der Waals surface area contributed by atoms with Gasteiger partial charge in [0.05, 0.1) is 6.61 Å². The maximum Gasteiger partial charge on any atom is 0.0613 e. The Labute approximate surface area is 107 Å². The highest BCUT2D eigenvalue weighted by atomic mass is 16.3. The number of rotatable bonds is 9. The van der Waals surface area contributed by atoms with Crippen molar-refractivity contribution in [1.82, 2.24) is 10.2 Å². The van der Waals surface area contributed by atoms with E-state index in [-0.39, 0.29) is 12.1 Å². The second-order valence-corrected chi connectivity index (χ2v) is 5.70. The van der Waals surface area contributed by atoms with Crippen LogP contribution in [-0.4, -0.2) is 49.3 Å². The highest BCUT2D eigenvalue weighted by molar-refractivity contribution is 4.84. The monoisotopic (exact) mass is 242 g/mol. The van der Waals surface area contributed by atoms with E-state index in [4.69, 9.17) is 0 Å². The number of nitrogens with zero attached hydrogens (tertiary/aromatic N) is 1. The van der Waals surface area contributed by atoms with E-state index < -0.39 is 0 Å². The minimum absolute atomic E-state index is 0.0582. The fourth-order valence-corrected chi connectivity index (χ4v) is 2.64. The SMILES string of the molecule is CCC(CO)(CCCN(C)CC1CCC1)NC. The Kier molecular flexibility index (Phi) is 6.45. The molecule has 1 aliphatic rings. The topological polar surface area (TPSA) is 35.5 Å². The lowest BCUT2D eigenvalue weighted by Crippen LogP contribution is -2.46. The van der Waals surface area contributed by atoms with Crippen LogP contribution in [0.1, 0.15) is 45.4 Å². The van der Waals surface area contributed by atoms with E-state index in [1.165, 1.54) is 32.2 Å².